The van der Waals surface area contributed by atoms with Gasteiger partial charge in [-0.2, -0.15) is 0 Å². The molecule has 0 saturated heterocycles. The molecule has 0 aromatic heterocycles. The second kappa shape index (κ2) is 5.27. The third kappa shape index (κ3) is 2.63. The smallest absolute Gasteiger partial charge is 0.172 e. The van der Waals surface area contributed by atoms with Crippen molar-refractivity contribution in [1.29, 1.82) is 0 Å². The van der Waals surface area contributed by atoms with Crippen LogP contribution >= 0.6 is 0 Å². The fourth-order valence-electron chi connectivity index (χ4n) is 1.72. The number of nitrogen functional groups attached to an aromatic ring is 1. The highest BCUT2D eigenvalue weighted by Gasteiger charge is 2.14. The van der Waals surface area contributed by atoms with Gasteiger partial charge in [0.25, 0.3) is 0 Å². The van der Waals surface area contributed by atoms with E-state index in [0.717, 1.165) is 0 Å². The minimum absolute atomic E-state index is 0.155. The number of rotatable bonds is 4. The summed E-state index contributed by atoms with van der Waals surface area (Å²) in [5, 5.41) is 0. The second-order valence-electron chi connectivity index (χ2n) is 3.98. The third-order valence-electron chi connectivity index (χ3n) is 2.68. The molecular weight excluding hydrogens is 226 g/mol. The zero-order valence-corrected chi connectivity index (χ0v) is 9.80. The SMILES string of the molecule is Nc1ccccc1C(=O)CC(=O)c1ccccc1. The molecule has 0 aliphatic carbocycles. The molecule has 0 aliphatic heterocycles. The molecule has 3 nitrogen and oxygen atoms in total. The van der Waals surface area contributed by atoms with Crippen molar-refractivity contribution in [3.05, 3.63) is 65.7 Å². The first-order valence-electron chi connectivity index (χ1n) is 5.64. The number of para-hydroxylation sites is 1. The molecule has 0 unspecified atom stereocenters. The number of nitrogens with two attached hydrogens (primary N) is 1. The minimum Gasteiger partial charge on any atom is -0.398 e. The number of Topliss-reactive ketones (excluding diaryl/α,β-unsaturated/α-hetero) is 2. The van der Waals surface area contributed by atoms with E-state index in [1.807, 2.05) is 6.07 Å². The summed E-state index contributed by atoms with van der Waals surface area (Å²) in [7, 11) is 0. The first kappa shape index (κ1) is 12.0. The fourth-order valence-corrected chi connectivity index (χ4v) is 1.72. The van der Waals surface area contributed by atoms with E-state index in [1.54, 1.807) is 48.5 Å². The maximum atomic E-state index is 11.9. The summed E-state index contributed by atoms with van der Waals surface area (Å²) in [6, 6.07) is 15.5. The van der Waals surface area contributed by atoms with Gasteiger partial charge in [0.2, 0.25) is 0 Å². The second-order valence-corrected chi connectivity index (χ2v) is 3.98. The molecule has 2 aromatic carbocycles. The average Bonchev–Trinajstić information content (AvgIpc) is 2.40. The molecule has 0 aliphatic rings. The van der Waals surface area contributed by atoms with Gasteiger partial charge < -0.3 is 5.73 Å². The molecule has 0 radical (unpaired) electrons. The standard InChI is InChI=1S/C15H13NO2/c16-13-9-5-4-8-12(13)15(18)10-14(17)11-6-2-1-3-7-11/h1-9H,10,16H2. The van der Waals surface area contributed by atoms with Gasteiger partial charge in [-0.1, -0.05) is 42.5 Å². The summed E-state index contributed by atoms with van der Waals surface area (Å²) in [5.74, 6) is -0.439. The molecule has 0 spiro atoms. The lowest BCUT2D eigenvalue weighted by Gasteiger charge is -2.04. The Balaban J connectivity index is 2.14. The average molecular weight is 239 g/mol. The van der Waals surface area contributed by atoms with Gasteiger partial charge in [0, 0.05) is 16.8 Å². The highest BCUT2D eigenvalue weighted by Crippen LogP contribution is 2.14. The van der Waals surface area contributed by atoms with E-state index >= 15 is 0 Å². The number of carbonyl (C=O) groups is 2. The van der Waals surface area contributed by atoms with Crippen LogP contribution < -0.4 is 5.73 Å². The van der Waals surface area contributed by atoms with Gasteiger partial charge in [-0.3, -0.25) is 9.59 Å². The number of benzene rings is 2. The summed E-state index contributed by atoms with van der Waals surface area (Å²) in [6.07, 6.45) is -0.155. The van der Waals surface area contributed by atoms with Gasteiger partial charge in [-0.25, -0.2) is 0 Å². The normalized spacial score (nSPS) is 10.0. The van der Waals surface area contributed by atoms with Crippen LogP contribution in [0.15, 0.2) is 54.6 Å². The molecule has 0 bridgehead atoms. The molecular formula is C15H13NO2. The molecule has 18 heavy (non-hydrogen) atoms. The number of anilines is 1. The fraction of sp³-hybridized carbons (Fsp3) is 0.0667. The van der Waals surface area contributed by atoms with Crippen molar-refractivity contribution < 1.29 is 9.59 Å². The van der Waals surface area contributed by atoms with Crippen LogP contribution in [0.3, 0.4) is 0 Å². The molecule has 0 heterocycles. The minimum atomic E-state index is -0.248. The molecule has 0 fully saturated rings. The Morgan fingerprint density at radius 3 is 2.11 bits per heavy atom. The molecule has 2 N–H and O–H groups in total. The van der Waals surface area contributed by atoms with Crippen molar-refractivity contribution in [2.24, 2.45) is 0 Å². The quantitative estimate of drug-likeness (QED) is 0.507. The van der Waals surface area contributed by atoms with Crippen molar-refractivity contribution in [1.82, 2.24) is 0 Å². The maximum Gasteiger partial charge on any atom is 0.172 e. The highest BCUT2D eigenvalue weighted by molar-refractivity contribution is 6.15. The van der Waals surface area contributed by atoms with E-state index in [9.17, 15) is 9.59 Å². The van der Waals surface area contributed by atoms with Crippen molar-refractivity contribution in [2.75, 3.05) is 5.73 Å². The number of hydrogen-bond donors (Lipinski definition) is 1. The molecule has 3 heteroatoms. The van der Waals surface area contributed by atoms with Crippen molar-refractivity contribution in [2.45, 2.75) is 6.42 Å². The molecule has 0 atom stereocenters. The van der Waals surface area contributed by atoms with Crippen LogP contribution in [0.4, 0.5) is 5.69 Å². The summed E-state index contributed by atoms with van der Waals surface area (Å²) in [6.45, 7) is 0. The van der Waals surface area contributed by atoms with E-state index in [1.165, 1.54) is 0 Å². The van der Waals surface area contributed by atoms with Crippen molar-refractivity contribution in [3.63, 3.8) is 0 Å². The Hall–Kier alpha value is -2.42. The van der Waals surface area contributed by atoms with Crippen LogP contribution in [-0.4, -0.2) is 11.6 Å². The van der Waals surface area contributed by atoms with Gasteiger partial charge in [0.15, 0.2) is 11.6 Å². The maximum absolute atomic E-state index is 11.9. The predicted molar refractivity (Wildman–Crippen MR) is 70.6 cm³/mol. The molecule has 2 aromatic rings. The first-order chi connectivity index (χ1) is 8.68. The monoisotopic (exact) mass is 239 g/mol. The van der Waals surface area contributed by atoms with E-state index in [-0.39, 0.29) is 18.0 Å². The highest BCUT2D eigenvalue weighted by atomic mass is 16.1. The Morgan fingerprint density at radius 2 is 1.44 bits per heavy atom. The van der Waals surface area contributed by atoms with Crippen molar-refractivity contribution in [3.8, 4) is 0 Å². The van der Waals surface area contributed by atoms with Crippen LogP contribution in [0, 0.1) is 0 Å². The van der Waals surface area contributed by atoms with Crippen LogP contribution in [-0.2, 0) is 0 Å². The van der Waals surface area contributed by atoms with Gasteiger partial charge in [0.1, 0.15) is 0 Å². The Bertz CT molecular complexity index is 576. The van der Waals surface area contributed by atoms with Gasteiger partial charge in [0.05, 0.1) is 6.42 Å². The van der Waals surface area contributed by atoms with Gasteiger partial charge >= 0.3 is 0 Å². The van der Waals surface area contributed by atoms with Crippen LogP contribution in [0.2, 0.25) is 0 Å². The first-order valence-corrected chi connectivity index (χ1v) is 5.64. The lowest BCUT2D eigenvalue weighted by atomic mass is 10.0. The molecule has 0 saturated carbocycles. The molecule has 2 rings (SSSR count). The van der Waals surface area contributed by atoms with Crippen LogP contribution in [0.1, 0.15) is 27.1 Å². The summed E-state index contributed by atoms with van der Waals surface area (Å²) in [5.41, 5.74) is 7.06. The number of ketones is 2. The van der Waals surface area contributed by atoms with Gasteiger partial charge in [-0.05, 0) is 12.1 Å². The lowest BCUT2D eigenvalue weighted by Crippen LogP contribution is -2.10. The topological polar surface area (TPSA) is 60.2 Å². The summed E-state index contributed by atoms with van der Waals surface area (Å²) in [4.78, 5) is 23.8. The molecule has 0 amide bonds. The van der Waals surface area contributed by atoms with Gasteiger partial charge in [-0.15, -0.1) is 0 Å². The zero-order valence-electron chi connectivity index (χ0n) is 9.80. The number of carbonyl (C=O) groups excluding carboxylic acids is 2. The summed E-state index contributed by atoms with van der Waals surface area (Å²) >= 11 is 0. The Labute approximate surface area is 105 Å². The largest absolute Gasteiger partial charge is 0.398 e. The Kier molecular flexibility index (Phi) is 3.53. The third-order valence-corrected chi connectivity index (χ3v) is 2.68. The van der Waals surface area contributed by atoms with E-state index in [4.69, 9.17) is 5.73 Å². The lowest BCUT2D eigenvalue weighted by molar-refractivity contribution is 0.0895. The Morgan fingerprint density at radius 1 is 0.833 bits per heavy atom. The van der Waals surface area contributed by atoms with E-state index in [0.29, 0.717) is 16.8 Å². The van der Waals surface area contributed by atoms with Crippen molar-refractivity contribution >= 4 is 17.3 Å². The number of hydrogen-bond acceptors (Lipinski definition) is 3. The van der Waals surface area contributed by atoms with Crippen LogP contribution in [0.25, 0.3) is 0 Å². The van der Waals surface area contributed by atoms with Crippen LogP contribution in [0.5, 0.6) is 0 Å². The molecule has 90 valence electrons. The zero-order chi connectivity index (χ0) is 13.0. The van der Waals surface area contributed by atoms with E-state index < -0.39 is 0 Å². The summed E-state index contributed by atoms with van der Waals surface area (Å²) < 4.78 is 0. The van der Waals surface area contributed by atoms with E-state index in [2.05, 4.69) is 0 Å². The predicted octanol–water partition coefficient (Wildman–Crippen LogP) is 2.72.